The van der Waals surface area contributed by atoms with E-state index < -0.39 is 0 Å². The van der Waals surface area contributed by atoms with E-state index in [-0.39, 0.29) is 0 Å². The van der Waals surface area contributed by atoms with Crippen molar-refractivity contribution in [2.24, 2.45) is 47.3 Å². The summed E-state index contributed by atoms with van der Waals surface area (Å²) in [5.41, 5.74) is 0. The van der Waals surface area contributed by atoms with E-state index >= 15 is 0 Å². The Bertz CT molecular complexity index is 455. The molecule has 6 rings (SSSR count). The monoisotopic (exact) mass is 256 g/mol. The van der Waals surface area contributed by atoms with Gasteiger partial charge in [0.15, 0.2) is 0 Å². The Morgan fingerprint density at radius 1 is 0.684 bits per heavy atom. The molecule has 1 nitrogen and oxygen atoms in total. The van der Waals surface area contributed by atoms with Gasteiger partial charge in [-0.2, -0.15) is 0 Å². The van der Waals surface area contributed by atoms with Gasteiger partial charge in [-0.15, -0.1) is 0 Å². The van der Waals surface area contributed by atoms with E-state index in [1.807, 2.05) is 0 Å². The molecule has 1 saturated heterocycles. The predicted octanol–water partition coefficient (Wildman–Crippen LogP) is 3.65. The Morgan fingerprint density at radius 3 is 2.42 bits per heavy atom. The Kier molecular flexibility index (Phi) is 1.81. The zero-order chi connectivity index (χ0) is 12.1. The summed E-state index contributed by atoms with van der Waals surface area (Å²) in [7, 11) is 0. The highest BCUT2D eigenvalue weighted by Crippen LogP contribution is 2.68. The van der Waals surface area contributed by atoms with Gasteiger partial charge in [-0.25, -0.2) is 0 Å². The number of allylic oxidation sites excluding steroid dienone is 2. The van der Waals surface area contributed by atoms with Gasteiger partial charge in [0.05, 0.1) is 12.2 Å². The third-order valence-corrected chi connectivity index (χ3v) is 7.97. The van der Waals surface area contributed by atoms with Gasteiger partial charge in [0.1, 0.15) is 0 Å². The first-order valence-electron chi connectivity index (χ1n) is 8.72. The molecule has 5 fully saturated rings. The standard InChI is InChI=1S/C18H24O/c1-2-11-5-10(1)17-12-6-13(14(7-12)18(11)17)9-3-4-15-16(8-9)19-15/h1-2,9-18H,3-8H2. The molecule has 0 aromatic rings. The highest BCUT2D eigenvalue weighted by Gasteiger charge is 2.62. The maximum Gasteiger partial charge on any atom is 0.0844 e. The van der Waals surface area contributed by atoms with Crippen molar-refractivity contribution in [3.63, 3.8) is 0 Å². The van der Waals surface area contributed by atoms with Gasteiger partial charge in [-0.3, -0.25) is 0 Å². The van der Waals surface area contributed by atoms with Crippen LogP contribution in [0.15, 0.2) is 12.2 Å². The molecule has 1 heteroatoms. The van der Waals surface area contributed by atoms with Crippen molar-refractivity contribution in [2.45, 2.75) is 50.7 Å². The highest BCUT2D eigenvalue weighted by atomic mass is 16.6. The molecule has 0 amide bonds. The lowest BCUT2D eigenvalue weighted by Crippen LogP contribution is -2.35. The van der Waals surface area contributed by atoms with Gasteiger partial charge >= 0.3 is 0 Å². The Balaban J connectivity index is 1.29. The summed E-state index contributed by atoms with van der Waals surface area (Å²) in [5.74, 6) is 8.54. The minimum absolute atomic E-state index is 0.688. The van der Waals surface area contributed by atoms with Gasteiger partial charge in [-0.1, -0.05) is 12.2 Å². The maximum atomic E-state index is 5.77. The molecule has 1 aliphatic heterocycles. The smallest absolute Gasteiger partial charge is 0.0844 e. The molecule has 10 unspecified atom stereocenters. The fourth-order valence-corrected chi connectivity index (χ4v) is 7.43. The molecule has 102 valence electrons. The Morgan fingerprint density at radius 2 is 1.53 bits per heavy atom. The van der Waals surface area contributed by atoms with Crippen molar-refractivity contribution >= 4 is 0 Å². The van der Waals surface area contributed by atoms with Crippen molar-refractivity contribution < 1.29 is 4.74 Å². The average Bonchev–Trinajstić information content (AvgIpc) is 2.86. The van der Waals surface area contributed by atoms with Crippen LogP contribution in [0.2, 0.25) is 0 Å². The SMILES string of the molecule is C1=CC2CC1C1C3CC(C4CCC5OC5C4)C(C3)C21. The van der Waals surface area contributed by atoms with Gasteiger partial charge in [0.2, 0.25) is 0 Å². The lowest BCUT2D eigenvalue weighted by molar-refractivity contribution is 0.0953. The van der Waals surface area contributed by atoms with Crippen molar-refractivity contribution in [3.8, 4) is 0 Å². The topological polar surface area (TPSA) is 12.5 Å². The highest BCUT2D eigenvalue weighted by molar-refractivity contribution is 5.21. The molecule has 0 N–H and O–H groups in total. The number of rotatable bonds is 1. The summed E-state index contributed by atoms with van der Waals surface area (Å²) >= 11 is 0. The molecule has 0 radical (unpaired) electrons. The van der Waals surface area contributed by atoms with E-state index in [9.17, 15) is 0 Å². The Hall–Kier alpha value is -0.300. The van der Waals surface area contributed by atoms with Crippen LogP contribution in [0.4, 0.5) is 0 Å². The van der Waals surface area contributed by atoms with Crippen LogP contribution in [-0.2, 0) is 4.74 Å². The van der Waals surface area contributed by atoms with Crippen LogP contribution in [0, 0.1) is 47.3 Å². The predicted molar refractivity (Wildman–Crippen MR) is 73.4 cm³/mol. The molecule has 1 heterocycles. The molecule has 4 bridgehead atoms. The minimum Gasteiger partial charge on any atom is -0.370 e. The Labute approximate surface area is 115 Å². The first-order valence-corrected chi connectivity index (χ1v) is 8.72. The van der Waals surface area contributed by atoms with E-state index in [0.717, 1.165) is 47.3 Å². The second-order valence-corrected chi connectivity index (χ2v) is 8.45. The first-order chi connectivity index (χ1) is 9.38. The van der Waals surface area contributed by atoms with Crippen LogP contribution in [0.25, 0.3) is 0 Å². The lowest BCUT2D eigenvalue weighted by atomic mass is 9.64. The molecule has 4 saturated carbocycles. The second kappa shape index (κ2) is 3.30. The molecule has 5 aliphatic carbocycles. The molecule has 0 aromatic carbocycles. The van der Waals surface area contributed by atoms with Crippen molar-refractivity contribution in [2.75, 3.05) is 0 Å². The quantitative estimate of drug-likeness (QED) is 0.396. The molecular formula is C18H24O. The molecule has 0 aromatic heterocycles. The maximum absolute atomic E-state index is 5.77. The normalized spacial score (nSPS) is 67.4. The van der Waals surface area contributed by atoms with Crippen LogP contribution >= 0.6 is 0 Å². The van der Waals surface area contributed by atoms with Gasteiger partial charge in [0, 0.05) is 0 Å². The largest absolute Gasteiger partial charge is 0.370 e. The van der Waals surface area contributed by atoms with E-state index in [4.69, 9.17) is 4.74 Å². The van der Waals surface area contributed by atoms with E-state index in [2.05, 4.69) is 12.2 Å². The van der Waals surface area contributed by atoms with E-state index in [0.29, 0.717) is 12.2 Å². The average molecular weight is 256 g/mol. The molecule has 6 aliphatic rings. The summed E-state index contributed by atoms with van der Waals surface area (Å²) in [6.07, 6.45) is 15.5. The van der Waals surface area contributed by atoms with Crippen molar-refractivity contribution in [3.05, 3.63) is 12.2 Å². The summed E-state index contributed by atoms with van der Waals surface area (Å²) in [4.78, 5) is 0. The van der Waals surface area contributed by atoms with Crippen LogP contribution in [0.1, 0.15) is 38.5 Å². The molecule has 0 spiro atoms. The first kappa shape index (κ1) is 10.4. The van der Waals surface area contributed by atoms with Crippen LogP contribution in [0.3, 0.4) is 0 Å². The van der Waals surface area contributed by atoms with Crippen LogP contribution < -0.4 is 0 Å². The van der Waals surface area contributed by atoms with Crippen molar-refractivity contribution in [1.82, 2.24) is 0 Å². The number of ether oxygens (including phenoxy) is 1. The summed E-state index contributed by atoms with van der Waals surface area (Å²) in [5, 5.41) is 0. The number of fused-ring (bicyclic) bond motifs is 10. The number of hydrogen-bond acceptors (Lipinski definition) is 1. The van der Waals surface area contributed by atoms with Crippen LogP contribution in [-0.4, -0.2) is 12.2 Å². The van der Waals surface area contributed by atoms with Gasteiger partial charge in [0.25, 0.3) is 0 Å². The number of hydrogen-bond donors (Lipinski definition) is 0. The van der Waals surface area contributed by atoms with Gasteiger partial charge in [-0.05, 0) is 85.9 Å². The summed E-state index contributed by atoms with van der Waals surface area (Å²) in [6.45, 7) is 0. The second-order valence-electron chi connectivity index (χ2n) is 8.45. The zero-order valence-corrected chi connectivity index (χ0v) is 11.6. The summed E-state index contributed by atoms with van der Waals surface area (Å²) < 4.78 is 5.77. The zero-order valence-electron chi connectivity index (χ0n) is 11.6. The lowest BCUT2D eigenvalue weighted by Gasteiger charge is -2.40. The van der Waals surface area contributed by atoms with E-state index in [1.54, 1.807) is 12.8 Å². The molecular weight excluding hydrogens is 232 g/mol. The fourth-order valence-electron chi connectivity index (χ4n) is 7.43. The summed E-state index contributed by atoms with van der Waals surface area (Å²) in [6, 6.07) is 0. The van der Waals surface area contributed by atoms with Crippen molar-refractivity contribution in [1.29, 1.82) is 0 Å². The van der Waals surface area contributed by atoms with Gasteiger partial charge < -0.3 is 4.74 Å². The number of epoxide rings is 1. The third-order valence-electron chi connectivity index (χ3n) is 7.97. The minimum atomic E-state index is 0.688. The van der Waals surface area contributed by atoms with E-state index in [1.165, 1.54) is 25.7 Å². The third kappa shape index (κ3) is 1.22. The fraction of sp³-hybridized carbons (Fsp3) is 0.889. The van der Waals surface area contributed by atoms with Crippen LogP contribution in [0.5, 0.6) is 0 Å². The molecule has 19 heavy (non-hydrogen) atoms. The molecule has 10 atom stereocenters.